The fourth-order valence-corrected chi connectivity index (χ4v) is 5.08. The van der Waals surface area contributed by atoms with Crippen LogP contribution >= 0.6 is 11.3 Å². The number of nitrogens with two attached hydrogens (primary N) is 1. The molecular formula is C21H22N4O5S2. The molecule has 32 heavy (non-hydrogen) atoms. The number of aromatic nitrogens is 1. The maximum Gasteiger partial charge on any atom is 0.321 e. The monoisotopic (exact) mass is 474 g/mol. The molecule has 0 aliphatic carbocycles. The van der Waals surface area contributed by atoms with E-state index in [9.17, 15) is 18.0 Å². The van der Waals surface area contributed by atoms with Gasteiger partial charge in [-0.05, 0) is 35.4 Å². The molecular weight excluding hydrogens is 452 g/mol. The van der Waals surface area contributed by atoms with Crippen molar-refractivity contribution in [2.24, 2.45) is 5.73 Å². The molecule has 1 aromatic heterocycles. The van der Waals surface area contributed by atoms with Crippen molar-refractivity contribution in [1.29, 1.82) is 0 Å². The van der Waals surface area contributed by atoms with E-state index in [1.54, 1.807) is 29.2 Å². The van der Waals surface area contributed by atoms with Crippen molar-refractivity contribution in [3.8, 4) is 11.1 Å². The number of urea groups is 1. The van der Waals surface area contributed by atoms with E-state index in [1.165, 1.54) is 22.5 Å². The molecule has 0 saturated carbocycles. The number of hydrogen-bond acceptors (Lipinski definition) is 7. The summed E-state index contributed by atoms with van der Waals surface area (Å²) >= 11 is 1.24. The van der Waals surface area contributed by atoms with Gasteiger partial charge in [-0.15, -0.1) is 0 Å². The first-order chi connectivity index (χ1) is 15.2. The van der Waals surface area contributed by atoms with Gasteiger partial charge in [0, 0.05) is 19.3 Å². The molecule has 2 heterocycles. The molecule has 2 aromatic carbocycles. The first-order valence-electron chi connectivity index (χ1n) is 9.86. The van der Waals surface area contributed by atoms with Gasteiger partial charge in [0.05, 0.1) is 28.3 Å². The van der Waals surface area contributed by atoms with Crippen LogP contribution in [0.2, 0.25) is 0 Å². The Bertz CT molecular complexity index is 1280. The minimum Gasteiger partial charge on any atom is -0.378 e. The van der Waals surface area contributed by atoms with Gasteiger partial charge < -0.3 is 15.4 Å². The highest BCUT2D eigenvalue weighted by molar-refractivity contribution is 7.90. The zero-order chi connectivity index (χ0) is 22.9. The van der Waals surface area contributed by atoms with E-state index >= 15 is 0 Å². The molecule has 1 aliphatic heterocycles. The molecule has 11 heteroatoms. The highest BCUT2D eigenvalue weighted by Gasteiger charge is 2.25. The number of fused-ring (bicyclic) bond motifs is 1. The molecule has 0 unspecified atom stereocenters. The molecule has 0 radical (unpaired) electrons. The van der Waals surface area contributed by atoms with Crippen molar-refractivity contribution in [3.63, 3.8) is 0 Å². The quantitative estimate of drug-likeness (QED) is 0.604. The van der Waals surface area contributed by atoms with Crippen LogP contribution in [-0.2, 0) is 19.4 Å². The fraction of sp³-hybridized carbons (Fsp3) is 0.286. The lowest BCUT2D eigenvalue weighted by Gasteiger charge is -2.28. The van der Waals surface area contributed by atoms with Crippen LogP contribution in [0.25, 0.3) is 21.3 Å². The number of sulfone groups is 1. The lowest BCUT2D eigenvalue weighted by Crippen LogP contribution is -2.48. The first kappa shape index (κ1) is 22.2. The zero-order valence-electron chi connectivity index (χ0n) is 17.4. The van der Waals surface area contributed by atoms with Gasteiger partial charge in [-0.2, -0.15) is 0 Å². The molecule has 168 valence electrons. The lowest BCUT2D eigenvalue weighted by molar-refractivity contribution is -0.133. The van der Waals surface area contributed by atoms with Gasteiger partial charge in [0.1, 0.15) is 6.54 Å². The number of anilines is 1. The van der Waals surface area contributed by atoms with Gasteiger partial charge in [0.15, 0.2) is 15.0 Å². The highest BCUT2D eigenvalue weighted by Crippen LogP contribution is 2.33. The number of ether oxygens (including phenoxy) is 1. The maximum atomic E-state index is 12.6. The summed E-state index contributed by atoms with van der Waals surface area (Å²) in [6.07, 6.45) is 1.17. The van der Waals surface area contributed by atoms with Crippen LogP contribution in [0.1, 0.15) is 0 Å². The standard InChI is InChI=1S/C21H22N4O5S2/c1-32(28,29)16-4-2-3-14(11-16)15-5-6-17-18(12-15)31-21(23-17)25(20(22)27)13-19(26)24-7-9-30-10-8-24/h2-6,11-12H,7-10,13H2,1H3,(H2,22,27). The molecule has 1 fully saturated rings. The van der Waals surface area contributed by atoms with E-state index < -0.39 is 15.9 Å². The van der Waals surface area contributed by atoms with Crippen LogP contribution in [0.5, 0.6) is 0 Å². The van der Waals surface area contributed by atoms with Gasteiger partial charge >= 0.3 is 6.03 Å². The molecule has 2 N–H and O–H groups in total. The topological polar surface area (TPSA) is 123 Å². The van der Waals surface area contributed by atoms with Crippen molar-refractivity contribution < 1.29 is 22.7 Å². The number of primary amides is 1. The number of rotatable bonds is 5. The molecule has 0 bridgehead atoms. The van der Waals surface area contributed by atoms with Crippen molar-refractivity contribution in [2.75, 3.05) is 44.0 Å². The molecule has 9 nitrogen and oxygen atoms in total. The van der Waals surface area contributed by atoms with E-state index in [-0.39, 0.29) is 17.3 Å². The smallest absolute Gasteiger partial charge is 0.321 e. The Morgan fingerprint density at radius 2 is 1.88 bits per heavy atom. The van der Waals surface area contributed by atoms with Gasteiger partial charge in [-0.3, -0.25) is 9.69 Å². The van der Waals surface area contributed by atoms with E-state index in [1.807, 2.05) is 18.2 Å². The molecule has 1 saturated heterocycles. The minimum absolute atomic E-state index is 0.196. The van der Waals surface area contributed by atoms with Crippen LogP contribution in [0.4, 0.5) is 9.93 Å². The average Bonchev–Trinajstić information content (AvgIpc) is 3.20. The van der Waals surface area contributed by atoms with E-state index in [2.05, 4.69) is 4.98 Å². The van der Waals surface area contributed by atoms with Crippen LogP contribution < -0.4 is 10.6 Å². The zero-order valence-corrected chi connectivity index (χ0v) is 19.0. The van der Waals surface area contributed by atoms with Gasteiger partial charge in [-0.1, -0.05) is 29.5 Å². The van der Waals surface area contributed by atoms with Crippen LogP contribution in [0, 0.1) is 0 Å². The van der Waals surface area contributed by atoms with Crippen LogP contribution in [0.15, 0.2) is 47.4 Å². The fourth-order valence-electron chi connectivity index (χ4n) is 3.40. The summed E-state index contributed by atoms with van der Waals surface area (Å²) in [5.41, 5.74) is 7.76. The number of amides is 3. The molecule has 0 spiro atoms. The van der Waals surface area contributed by atoms with E-state index in [0.717, 1.165) is 15.8 Å². The van der Waals surface area contributed by atoms with Gasteiger partial charge in [0.25, 0.3) is 0 Å². The number of benzene rings is 2. The summed E-state index contributed by atoms with van der Waals surface area (Å²) in [5, 5.41) is 0.330. The Hall–Kier alpha value is -3.02. The number of morpholine rings is 1. The predicted molar refractivity (Wildman–Crippen MR) is 122 cm³/mol. The Morgan fingerprint density at radius 1 is 1.16 bits per heavy atom. The third kappa shape index (κ3) is 4.74. The molecule has 3 aromatic rings. The van der Waals surface area contributed by atoms with Crippen LogP contribution in [0.3, 0.4) is 0 Å². The average molecular weight is 475 g/mol. The third-order valence-electron chi connectivity index (χ3n) is 5.13. The Morgan fingerprint density at radius 3 is 2.56 bits per heavy atom. The number of hydrogen-bond donors (Lipinski definition) is 1. The number of thiazole rings is 1. The summed E-state index contributed by atoms with van der Waals surface area (Å²) in [6, 6.07) is 11.4. The van der Waals surface area contributed by atoms with Crippen molar-refractivity contribution >= 4 is 48.5 Å². The molecule has 0 atom stereocenters. The minimum atomic E-state index is -3.32. The lowest BCUT2D eigenvalue weighted by atomic mass is 10.1. The summed E-state index contributed by atoms with van der Waals surface area (Å²) < 4.78 is 29.8. The molecule has 3 amide bonds. The van der Waals surface area contributed by atoms with Gasteiger partial charge in [-0.25, -0.2) is 18.2 Å². The number of nitrogens with zero attached hydrogens (tertiary/aromatic N) is 3. The predicted octanol–water partition coefficient (Wildman–Crippen LogP) is 2.11. The van der Waals surface area contributed by atoms with Crippen molar-refractivity contribution in [1.82, 2.24) is 9.88 Å². The second-order valence-corrected chi connectivity index (χ2v) is 10.4. The number of carbonyl (C=O) groups excluding carboxylic acids is 2. The van der Waals surface area contributed by atoms with E-state index in [4.69, 9.17) is 10.5 Å². The van der Waals surface area contributed by atoms with Gasteiger partial charge in [0.2, 0.25) is 5.91 Å². The third-order valence-corrected chi connectivity index (χ3v) is 7.28. The largest absolute Gasteiger partial charge is 0.378 e. The highest BCUT2D eigenvalue weighted by atomic mass is 32.2. The number of carbonyl (C=O) groups is 2. The second-order valence-electron chi connectivity index (χ2n) is 7.40. The SMILES string of the molecule is CS(=O)(=O)c1cccc(-c2ccc3nc(N(CC(=O)N4CCOCC4)C(N)=O)sc3c2)c1. The summed E-state index contributed by atoms with van der Waals surface area (Å²) in [4.78, 5) is 32.2. The summed E-state index contributed by atoms with van der Waals surface area (Å²) in [5.74, 6) is -0.218. The Balaban J connectivity index is 1.63. The van der Waals surface area contributed by atoms with Crippen molar-refractivity contribution in [2.45, 2.75) is 4.90 Å². The van der Waals surface area contributed by atoms with E-state index in [0.29, 0.717) is 37.0 Å². The maximum absolute atomic E-state index is 12.6. The van der Waals surface area contributed by atoms with Crippen molar-refractivity contribution in [3.05, 3.63) is 42.5 Å². The molecule has 1 aliphatic rings. The molecule has 4 rings (SSSR count). The Kier molecular flexibility index (Phi) is 6.13. The first-order valence-corrected chi connectivity index (χ1v) is 12.6. The van der Waals surface area contributed by atoms with Crippen LogP contribution in [-0.4, -0.2) is 69.3 Å². The summed E-state index contributed by atoms with van der Waals surface area (Å²) in [6.45, 7) is 1.68. The second kappa shape index (κ2) is 8.85. The normalized spacial score (nSPS) is 14.5. The Labute approximate surface area is 189 Å². The summed E-state index contributed by atoms with van der Waals surface area (Å²) in [7, 11) is -3.32.